The second-order valence-electron chi connectivity index (χ2n) is 5.77. The van der Waals surface area contributed by atoms with Gasteiger partial charge >= 0.3 is 0 Å². The number of aryl methyl sites for hydroxylation is 1. The van der Waals surface area contributed by atoms with Crippen molar-refractivity contribution in [1.82, 2.24) is 4.98 Å². The van der Waals surface area contributed by atoms with E-state index in [0.717, 1.165) is 12.0 Å². The van der Waals surface area contributed by atoms with E-state index in [0.29, 0.717) is 12.8 Å². The number of hydrogen-bond donors (Lipinski definition) is 1. The number of Topliss-reactive ketones (excluding diaryl/α,β-unsaturated/α-hetero) is 1. The van der Waals surface area contributed by atoms with Crippen LogP contribution in [0, 0.1) is 0 Å². The average molecular weight is 304 g/mol. The lowest BCUT2D eigenvalue weighted by Gasteiger charge is -2.11. The summed E-state index contributed by atoms with van der Waals surface area (Å²) in [7, 11) is 0. The molecule has 116 valence electrons. The number of nitrogens with zero attached hydrogens (tertiary/aromatic N) is 1. The predicted molar refractivity (Wildman–Crippen MR) is 93.2 cm³/mol. The van der Waals surface area contributed by atoms with Crippen LogP contribution in [-0.2, 0) is 17.6 Å². The quantitative estimate of drug-likeness (QED) is 0.760. The number of aromatic nitrogens is 1. The highest BCUT2D eigenvalue weighted by Gasteiger charge is 2.14. The number of nitrogens with two attached hydrogens (primary N) is 1. The molecule has 1 heterocycles. The fraction of sp³-hybridized carbons (Fsp3) is 0.200. The van der Waals surface area contributed by atoms with E-state index in [4.69, 9.17) is 5.73 Å². The van der Waals surface area contributed by atoms with Gasteiger partial charge in [0.2, 0.25) is 0 Å². The number of benzene rings is 2. The maximum absolute atomic E-state index is 12.3. The highest BCUT2D eigenvalue weighted by atomic mass is 16.1. The molecule has 1 aromatic heterocycles. The standard InChI is InChI=1S/C20H20N2O/c21-19(14-15-10-12-22-13-11-15)20(23)9-8-17-6-3-5-16-4-1-2-7-18(16)17/h1-7,10-13,19H,8-9,14,21H2/t19-/m0/s1. The molecule has 0 radical (unpaired) electrons. The predicted octanol–water partition coefficient (Wildman–Crippen LogP) is 3.31. The molecule has 0 unspecified atom stereocenters. The SMILES string of the molecule is N[C@@H](Cc1ccncc1)C(=O)CCc1cccc2ccccc12. The van der Waals surface area contributed by atoms with Gasteiger partial charge in [-0.2, -0.15) is 0 Å². The van der Waals surface area contributed by atoms with Gasteiger partial charge in [0.25, 0.3) is 0 Å². The average Bonchev–Trinajstić information content (AvgIpc) is 2.60. The molecule has 0 fully saturated rings. The molecule has 0 spiro atoms. The Labute approximate surface area is 136 Å². The van der Waals surface area contributed by atoms with Crippen LogP contribution in [0.2, 0.25) is 0 Å². The van der Waals surface area contributed by atoms with Gasteiger partial charge in [0.1, 0.15) is 5.78 Å². The number of carbonyl (C=O) groups is 1. The van der Waals surface area contributed by atoms with Crippen LogP contribution in [0.5, 0.6) is 0 Å². The van der Waals surface area contributed by atoms with Gasteiger partial charge in [-0.05, 0) is 46.9 Å². The van der Waals surface area contributed by atoms with Crippen molar-refractivity contribution in [2.75, 3.05) is 0 Å². The molecule has 3 nitrogen and oxygen atoms in total. The maximum atomic E-state index is 12.3. The third-order valence-corrected chi connectivity index (χ3v) is 4.14. The fourth-order valence-corrected chi connectivity index (χ4v) is 2.84. The maximum Gasteiger partial charge on any atom is 0.150 e. The molecule has 0 aliphatic rings. The lowest BCUT2D eigenvalue weighted by Crippen LogP contribution is -2.32. The van der Waals surface area contributed by atoms with Gasteiger partial charge < -0.3 is 5.73 Å². The van der Waals surface area contributed by atoms with Crippen molar-refractivity contribution in [2.24, 2.45) is 5.73 Å². The summed E-state index contributed by atoms with van der Waals surface area (Å²) in [6.45, 7) is 0. The van der Waals surface area contributed by atoms with Crippen molar-refractivity contribution >= 4 is 16.6 Å². The van der Waals surface area contributed by atoms with Gasteiger partial charge in [0, 0.05) is 18.8 Å². The van der Waals surface area contributed by atoms with Crippen molar-refractivity contribution in [3.63, 3.8) is 0 Å². The molecule has 0 saturated heterocycles. The molecular formula is C20H20N2O. The molecule has 3 aromatic rings. The molecule has 0 amide bonds. The lowest BCUT2D eigenvalue weighted by molar-refractivity contribution is -0.120. The van der Waals surface area contributed by atoms with Crippen LogP contribution in [0.3, 0.4) is 0 Å². The molecule has 0 aliphatic heterocycles. The van der Waals surface area contributed by atoms with E-state index in [2.05, 4.69) is 29.2 Å². The Morgan fingerprint density at radius 2 is 1.74 bits per heavy atom. The first-order valence-electron chi connectivity index (χ1n) is 7.88. The molecule has 3 rings (SSSR count). The summed E-state index contributed by atoms with van der Waals surface area (Å²) in [5.41, 5.74) is 8.30. The monoisotopic (exact) mass is 304 g/mol. The van der Waals surface area contributed by atoms with Crippen LogP contribution in [0.4, 0.5) is 0 Å². The second kappa shape index (κ2) is 7.16. The summed E-state index contributed by atoms with van der Waals surface area (Å²) in [5.74, 6) is 0.106. The first kappa shape index (κ1) is 15.4. The van der Waals surface area contributed by atoms with Gasteiger partial charge in [0.05, 0.1) is 6.04 Å². The van der Waals surface area contributed by atoms with E-state index in [1.54, 1.807) is 12.4 Å². The smallest absolute Gasteiger partial charge is 0.150 e. The Morgan fingerprint density at radius 3 is 2.57 bits per heavy atom. The summed E-state index contributed by atoms with van der Waals surface area (Å²) in [5, 5.41) is 2.42. The first-order chi connectivity index (χ1) is 11.2. The van der Waals surface area contributed by atoms with Gasteiger partial charge in [-0.25, -0.2) is 0 Å². The number of pyridine rings is 1. The minimum absolute atomic E-state index is 0.106. The highest BCUT2D eigenvalue weighted by molar-refractivity contribution is 5.87. The minimum Gasteiger partial charge on any atom is -0.321 e. The first-order valence-corrected chi connectivity index (χ1v) is 7.88. The zero-order chi connectivity index (χ0) is 16.1. The topological polar surface area (TPSA) is 56.0 Å². The second-order valence-corrected chi connectivity index (χ2v) is 5.77. The zero-order valence-electron chi connectivity index (χ0n) is 13.0. The number of ketones is 1. The van der Waals surface area contributed by atoms with Gasteiger partial charge in [-0.15, -0.1) is 0 Å². The van der Waals surface area contributed by atoms with E-state index in [9.17, 15) is 4.79 Å². The van der Waals surface area contributed by atoms with Crippen molar-refractivity contribution in [2.45, 2.75) is 25.3 Å². The van der Waals surface area contributed by atoms with Crippen LogP contribution in [-0.4, -0.2) is 16.8 Å². The third kappa shape index (κ3) is 3.82. The Balaban J connectivity index is 1.64. The molecule has 3 heteroatoms. The minimum atomic E-state index is -0.452. The Kier molecular flexibility index (Phi) is 4.79. The van der Waals surface area contributed by atoms with Crippen LogP contribution < -0.4 is 5.73 Å². The van der Waals surface area contributed by atoms with Crippen LogP contribution >= 0.6 is 0 Å². The molecular weight excluding hydrogens is 284 g/mol. The van der Waals surface area contributed by atoms with Crippen molar-refractivity contribution in [3.8, 4) is 0 Å². The molecule has 0 bridgehead atoms. The van der Waals surface area contributed by atoms with E-state index in [1.165, 1.54) is 16.3 Å². The van der Waals surface area contributed by atoms with Gasteiger partial charge in [-0.1, -0.05) is 42.5 Å². The summed E-state index contributed by atoms with van der Waals surface area (Å²) in [6.07, 6.45) is 5.21. The zero-order valence-corrected chi connectivity index (χ0v) is 13.0. The van der Waals surface area contributed by atoms with E-state index in [1.807, 2.05) is 30.3 Å². The molecule has 23 heavy (non-hydrogen) atoms. The Hall–Kier alpha value is -2.52. The number of hydrogen-bond acceptors (Lipinski definition) is 3. The van der Waals surface area contributed by atoms with Gasteiger partial charge in [0.15, 0.2) is 0 Å². The van der Waals surface area contributed by atoms with Crippen LogP contribution in [0.15, 0.2) is 67.0 Å². The lowest BCUT2D eigenvalue weighted by atomic mass is 9.96. The number of fused-ring (bicyclic) bond motifs is 1. The summed E-state index contributed by atoms with van der Waals surface area (Å²) >= 11 is 0. The third-order valence-electron chi connectivity index (χ3n) is 4.14. The largest absolute Gasteiger partial charge is 0.321 e. The van der Waals surface area contributed by atoms with E-state index < -0.39 is 6.04 Å². The Bertz CT molecular complexity index is 794. The molecule has 0 aliphatic carbocycles. The fourth-order valence-electron chi connectivity index (χ4n) is 2.84. The molecule has 2 aromatic carbocycles. The summed E-state index contributed by atoms with van der Waals surface area (Å²) in [6, 6.07) is 17.8. The normalized spacial score (nSPS) is 12.2. The van der Waals surface area contributed by atoms with Crippen molar-refractivity contribution in [1.29, 1.82) is 0 Å². The van der Waals surface area contributed by atoms with Crippen LogP contribution in [0.1, 0.15) is 17.5 Å². The summed E-state index contributed by atoms with van der Waals surface area (Å²) < 4.78 is 0. The molecule has 2 N–H and O–H groups in total. The number of carbonyl (C=O) groups excluding carboxylic acids is 1. The van der Waals surface area contributed by atoms with Crippen molar-refractivity contribution < 1.29 is 4.79 Å². The van der Waals surface area contributed by atoms with E-state index in [-0.39, 0.29) is 5.78 Å². The van der Waals surface area contributed by atoms with Gasteiger partial charge in [-0.3, -0.25) is 9.78 Å². The number of rotatable bonds is 6. The van der Waals surface area contributed by atoms with Crippen LogP contribution in [0.25, 0.3) is 10.8 Å². The highest BCUT2D eigenvalue weighted by Crippen LogP contribution is 2.20. The summed E-state index contributed by atoms with van der Waals surface area (Å²) in [4.78, 5) is 16.3. The molecule has 1 atom stereocenters. The molecule has 0 saturated carbocycles. The van der Waals surface area contributed by atoms with Crippen molar-refractivity contribution in [3.05, 3.63) is 78.1 Å². The van der Waals surface area contributed by atoms with E-state index >= 15 is 0 Å². The Morgan fingerprint density at radius 1 is 1.00 bits per heavy atom.